The van der Waals surface area contributed by atoms with Gasteiger partial charge in [0.05, 0.1) is 26.4 Å². The molecule has 17 nitrogen and oxygen atoms in total. The number of carbonyl (C=O) groups is 4. The van der Waals surface area contributed by atoms with E-state index in [-0.39, 0.29) is 25.7 Å². The minimum atomic E-state index is -4.95. The summed E-state index contributed by atoms with van der Waals surface area (Å²) in [5, 5.41) is 10.5. The van der Waals surface area contributed by atoms with Crippen molar-refractivity contribution in [3.8, 4) is 0 Å². The van der Waals surface area contributed by atoms with Crippen molar-refractivity contribution in [2.45, 2.75) is 380 Å². The Labute approximate surface area is 543 Å². The Bertz CT molecular complexity index is 1720. The van der Waals surface area contributed by atoms with Gasteiger partial charge in [-0.1, -0.05) is 311 Å². The molecule has 0 amide bonds. The lowest BCUT2D eigenvalue weighted by atomic mass is 10.0. The van der Waals surface area contributed by atoms with Gasteiger partial charge >= 0.3 is 39.5 Å². The van der Waals surface area contributed by atoms with Crippen LogP contribution in [-0.2, 0) is 65.4 Å². The number of carbonyl (C=O) groups excluding carboxylic acids is 4. The molecule has 0 heterocycles. The summed E-state index contributed by atoms with van der Waals surface area (Å²) >= 11 is 0. The second-order valence-corrected chi connectivity index (χ2v) is 28.7. The summed E-state index contributed by atoms with van der Waals surface area (Å²) in [6, 6.07) is 0. The van der Waals surface area contributed by atoms with Gasteiger partial charge in [-0.2, -0.15) is 0 Å². The molecule has 0 rings (SSSR count). The predicted octanol–water partition coefficient (Wildman–Crippen LogP) is 20.1. The van der Waals surface area contributed by atoms with Crippen LogP contribution in [0.5, 0.6) is 0 Å². The molecule has 89 heavy (non-hydrogen) atoms. The average molecular weight is 1310 g/mol. The molecule has 0 aliphatic heterocycles. The smallest absolute Gasteiger partial charge is 0.462 e. The van der Waals surface area contributed by atoms with Gasteiger partial charge in [-0.15, -0.1) is 0 Å². The summed E-state index contributed by atoms with van der Waals surface area (Å²) in [5.74, 6) is -1.34. The van der Waals surface area contributed by atoms with Crippen molar-refractivity contribution in [3.05, 3.63) is 0 Å². The number of aliphatic hydroxyl groups is 1. The fourth-order valence-electron chi connectivity index (χ4n) is 10.6. The van der Waals surface area contributed by atoms with Gasteiger partial charge in [-0.25, -0.2) is 9.13 Å². The van der Waals surface area contributed by atoms with Crippen molar-refractivity contribution in [1.29, 1.82) is 0 Å². The van der Waals surface area contributed by atoms with E-state index in [1.807, 2.05) is 0 Å². The second kappa shape index (κ2) is 63.5. The highest BCUT2D eigenvalue weighted by molar-refractivity contribution is 7.47. The molecule has 0 fully saturated rings. The number of hydrogen-bond donors (Lipinski definition) is 3. The van der Waals surface area contributed by atoms with Gasteiger partial charge in [0, 0.05) is 25.7 Å². The molecule has 0 radical (unpaired) electrons. The Morgan fingerprint density at radius 1 is 0.303 bits per heavy atom. The summed E-state index contributed by atoms with van der Waals surface area (Å²) in [6.07, 6.45) is 50.4. The Kier molecular flexibility index (Phi) is 62.1. The van der Waals surface area contributed by atoms with Crippen molar-refractivity contribution >= 4 is 39.5 Å². The van der Waals surface area contributed by atoms with E-state index in [0.29, 0.717) is 25.7 Å². The molecule has 0 saturated carbocycles. The minimum Gasteiger partial charge on any atom is -0.462 e. The molecular weight excluding hydrogens is 1170 g/mol. The molecule has 2 unspecified atom stereocenters. The third-order valence-electron chi connectivity index (χ3n) is 16.3. The minimum absolute atomic E-state index is 0.106. The molecule has 528 valence electrons. The standard InChI is InChI=1S/C70H136O17P2/c1-6-9-12-15-17-19-21-22-23-24-25-26-29-33-37-41-46-51-56-70(75)87-66(60-81-68(73)54-49-44-39-36-32-30-27-28-31-34-38-43-47-52-63(4)5)62-85-89(78,79)83-58-64(71)57-82-88(76,77)84-61-65(59-80-67(72)53-48-42-14-11-8-3)86-69(74)55-50-45-40-35-20-18-16-13-10-7-2/h63-66,71H,6-62H2,1-5H3,(H,76,77)(H,78,79)/t64-,65+,66+/m0/s1. The van der Waals surface area contributed by atoms with Crippen molar-refractivity contribution < 1.29 is 80.2 Å². The van der Waals surface area contributed by atoms with E-state index in [1.54, 1.807) is 0 Å². The van der Waals surface area contributed by atoms with Gasteiger partial charge < -0.3 is 33.8 Å². The zero-order valence-corrected chi connectivity index (χ0v) is 59.4. The van der Waals surface area contributed by atoms with Gasteiger partial charge in [0.1, 0.15) is 19.3 Å². The van der Waals surface area contributed by atoms with E-state index in [2.05, 4.69) is 34.6 Å². The summed E-state index contributed by atoms with van der Waals surface area (Å²) in [6.45, 7) is 7.17. The molecule has 0 bridgehead atoms. The Hall–Kier alpha value is -1.94. The predicted molar refractivity (Wildman–Crippen MR) is 358 cm³/mol. The lowest BCUT2D eigenvalue weighted by Gasteiger charge is -2.21. The Morgan fingerprint density at radius 2 is 0.517 bits per heavy atom. The first kappa shape index (κ1) is 87.1. The zero-order chi connectivity index (χ0) is 65.6. The molecule has 19 heteroatoms. The number of aliphatic hydroxyl groups excluding tert-OH is 1. The quantitative estimate of drug-likeness (QED) is 0.0222. The number of esters is 4. The SMILES string of the molecule is CCCCCCCCCCCCCCCCCCCCC(=O)O[C@H](COC(=O)CCCCCCCCCCCCCCCC(C)C)COP(=O)(O)OC[C@@H](O)COP(=O)(O)OC[C@@H](COC(=O)CCCCCCC)OC(=O)CCCCCCCCCCCC. The number of phosphoric ester groups is 2. The van der Waals surface area contributed by atoms with Crippen LogP contribution in [-0.4, -0.2) is 96.7 Å². The largest absolute Gasteiger partial charge is 0.472 e. The molecule has 0 aromatic rings. The lowest BCUT2D eigenvalue weighted by molar-refractivity contribution is -0.161. The number of unbranched alkanes of at least 4 members (excludes halogenated alkanes) is 42. The fourth-order valence-corrected chi connectivity index (χ4v) is 12.2. The molecular formula is C70H136O17P2. The summed E-state index contributed by atoms with van der Waals surface area (Å²) in [4.78, 5) is 72.2. The molecule has 0 aromatic carbocycles. The van der Waals surface area contributed by atoms with E-state index in [1.165, 1.54) is 180 Å². The monoisotopic (exact) mass is 1310 g/mol. The molecule has 5 atom stereocenters. The molecule has 0 aliphatic rings. The van der Waals surface area contributed by atoms with Gasteiger partial charge in [0.15, 0.2) is 12.2 Å². The Morgan fingerprint density at radius 3 is 0.764 bits per heavy atom. The fraction of sp³-hybridized carbons (Fsp3) is 0.943. The first-order valence-electron chi connectivity index (χ1n) is 36.6. The molecule has 3 N–H and O–H groups in total. The zero-order valence-electron chi connectivity index (χ0n) is 57.6. The van der Waals surface area contributed by atoms with Crippen LogP contribution in [0.15, 0.2) is 0 Å². The van der Waals surface area contributed by atoms with Crippen LogP contribution in [0.1, 0.15) is 362 Å². The van der Waals surface area contributed by atoms with Crippen LogP contribution in [0.3, 0.4) is 0 Å². The average Bonchev–Trinajstić information content (AvgIpc) is 3.62. The van der Waals surface area contributed by atoms with E-state index in [4.69, 9.17) is 37.0 Å². The van der Waals surface area contributed by atoms with Crippen LogP contribution < -0.4 is 0 Å². The van der Waals surface area contributed by atoms with E-state index >= 15 is 0 Å². The van der Waals surface area contributed by atoms with Crippen LogP contribution in [0.4, 0.5) is 0 Å². The van der Waals surface area contributed by atoms with E-state index in [9.17, 15) is 43.2 Å². The van der Waals surface area contributed by atoms with Crippen molar-refractivity contribution in [3.63, 3.8) is 0 Å². The topological polar surface area (TPSA) is 237 Å². The molecule has 0 saturated heterocycles. The highest BCUT2D eigenvalue weighted by atomic mass is 31.2. The van der Waals surface area contributed by atoms with Crippen molar-refractivity contribution in [1.82, 2.24) is 0 Å². The number of hydrogen-bond acceptors (Lipinski definition) is 15. The van der Waals surface area contributed by atoms with Gasteiger partial charge in [0.2, 0.25) is 0 Å². The maximum Gasteiger partial charge on any atom is 0.472 e. The summed E-state index contributed by atoms with van der Waals surface area (Å²) < 4.78 is 68.0. The van der Waals surface area contributed by atoms with Crippen molar-refractivity contribution in [2.75, 3.05) is 39.6 Å². The van der Waals surface area contributed by atoms with Crippen LogP contribution in [0.25, 0.3) is 0 Å². The molecule has 0 aliphatic carbocycles. The highest BCUT2D eigenvalue weighted by Gasteiger charge is 2.30. The second-order valence-electron chi connectivity index (χ2n) is 25.7. The van der Waals surface area contributed by atoms with Gasteiger partial charge in [-0.3, -0.25) is 37.3 Å². The van der Waals surface area contributed by atoms with Gasteiger partial charge in [-0.05, 0) is 31.6 Å². The third-order valence-corrected chi connectivity index (χ3v) is 18.2. The maximum atomic E-state index is 13.0. The number of rotatable bonds is 70. The summed E-state index contributed by atoms with van der Waals surface area (Å²) in [5.41, 5.74) is 0. The highest BCUT2D eigenvalue weighted by Crippen LogP contribution is 2.45. The van der Waals surface area contributed by atoms with Gasteiger partial charge in [0.25, 0.3) is 0 Å². The first-order valence-corrected chi connectivity index (χ1v) is 39.6. The van der Waals surface area contributed by atoms with Crippen molar-refractivity contribution in [2.24, 2.45) is 5.92 Å². The Balaban J connectivity index is 5.14. The van der Waals surface area contributed by atoms with E-state index < -0.39 is 97.5 Å². The van der Waals surface area contributed by atoms with Crippen LogP contribution >= 0.6 is 15.6 Å². The third kappa shape index (κ3) is 64.6. The molecule has 0 aromatic heterocycles. The lowest BCUT2D eigenvalue weighted by Crippen LogP contribution is -2.30. The van der Waals surface area contributed by atoms with E-state index in [0.717, 1.165) is 102 Å². The molecule has 0 spiro atoms. The van der Waals surface area contributed by atoms with Crippen LogP contribution in [0, 0.1) is 5.92 Å². The maximum absolute atomic E-state index is 13.0. The normalized spacial score (nSPS) is 14.1. The first-order chi connectivity index (χ1) is 43.0. The number of phosphoric acid groups is 2. The summed E-state index contributed by atoms with van der Waals surface area (Å²) in [7, 11) is -9.89. The van der Waals surface area contributed by atoms with Crippen LogP contribution in [0.2, 0.25) is 0 Å². The number of ether oxygens (including phenoxy) is 4.